The van der Waals surface area contributed by atoms with E-state index in [1.54, 1.807) is 0 Å². The van der Waals surface area contributed by atoms with Crippen LogP contribution in [-0.2, 0) is 6.42 Å². The van der Waals surface area contributed by atoms with Gasteiger partial charge in [-0.1, -0.05) is 24.3 Å². The molecular weight excluding hydrogens is 192 g/mol. The minimum Gasteiger partial charge on any atom is -0.388 e. The Labute approximate surface area is 88.9 Å². The number of primary amides is 2. The van der Waals surface area contributed by atoms with Crippen molar-refractivity contribution in [3.63, 3.8) is 0 Å². The summed E-state index contributed by atoms with van der Waals surface area (Å²) in [5, 5.41) is 9.56. The standard InChI is InChI=1S/C10H12O.CH4N2O/c11-10-7-3-5-8-4-1-2-6-9(8)10;2-1(3)4/h1-2,4,6,10-11H,3,5,7H2;(H4,2,3,4). The Kier molecular flexibility index (Phi) is 4.12. The summed E-state index contributed by atoms with van der Waals surface area (Å²) in [5.41, 5.74) is 11.0. The zero-order valence-electron chi connectivity index (χ0n) is 8.52. The number of benzene rings is 1. The first-order valence-corrected chi connectivity index (χ1v) is 4.92. The fourth-order valence-corrected chi connectivity index (χ4v) is 1.73. The lowest BCUT2D eigenvalue weighted by molar-refractivity contribution is 0.156. The van der Waals surface area contributed by atoms with Crippen LogP contribution in [0.4, 0.5) is 4.79 Å². The third kappa shape index (κ3) is 3.59. The molecule has 0 bridgehead atoms. The Hall–Kier alpha value is -1.55. The molecule has 5 N–H and O–H groups in total. The number of fused-ring (bicyclic) bond motifs is 1. The molecule has 0 saturated carbocycles. The molecule has 4 heteroatoms. The SMILES string of the molecule is NC(N)=O.OC1CCCc2ccccc21. The quantitative estimate of drug-likeness (QED) is 0.595. The maximum atomic E-state index is 9.56. The summed E-state index contributed by atoms with van der Waals surface area (Å²) in [6.07, 6.45) is 2.97. The molecule has 0 aromatic heterocycles. The molecule has 2 amide bonds. The predicted molar refractivity (Wildman–Crippen MR) is 58.1 cm³/mol. The van der Waals surface area contributed by atoms with Crippen molar-refractivity contribution < 1.29 is 9.90 Å². The number of rotatable bonds is 0. The van der Waals surface area contributed by atoms with Gasteiger partial charge < -0.3 is 16.6 Å². The summed E-state index contributed by atoms with van der Waals surface area (Å²) < 4.78 is 0. The van der Waals surface area contributed by atoms with E-state index < -0.39 is 6.03 Å². The van der Waals surface area contributed by atoms with Gasteiger partial charge in [0.1, 0.15) is 0 Å². The van der Waals surface area contributed by atoms with Crippen LogP contribution < -0.4 is 11.5 Å². The molecular formula is C11H16N2O2. The van der Waals surface area contributed by atoms with Crippen LogP contribution in [-0.4, -0.2) is 11.1 Å². The number of amides is 2. The third-order valence-corrected chi connectivity index (χ3v) is 2.34. The van der Waals surface area contributed by atoms with Gasteiger partial charge in [0.25, 0.3) is 0 Å². The second kappa shape index (κ2) is 5.36. The number of carbonyl (C=O) groups is 1. The summed E-state index contributed by atoms with van der Waals surface area (Å²) in [5.74, 6) is 0. The van der Waals surface area contributed by atoms with Gasteiger partial charge in [-0.25, -0.2) is 4.79 Å². The minimum atomic E-state index is -0.833. The van der Waals surface area contributed by atoms with E-state index in [4.69, 9.17) is 4.79 Å². The van der Waals surface area contributed by atoms with Crippen molar-refractivity contribution in [2.24, 2.45) is 11.5 Å². The van der Waals surface area contributed by atoms with Crippen LogP contribution in [0.1, 0.15) is 30.1 Å². The average molecular weight is 208 g/mol. The van der Waals surface area contributed by atoms with E-state index in [-0.39, 0.29) is 6.10 Å². The second-order valence-corrected chi connectivity index (χ2v) is 3.51. The summed E-state index contributed by atoms with van der Waals surface area (Å²) in [4.78, 5) is 9.00. The van der Waals surface area contributed by atoms with Crippen molar-refractivity contribution in [1.29, 1.82) is 0 Å². The Morgan fingerprint density at radius 3 is 2.53 bits per heavy atom. The first-order valence-electron chi connectivity index (χ1n) is 4.92. The van der Waals surface area contributed by atoms with Crippen molar-refractivity contribution in [2.75, 3.05) is 0 Å². The molecule has 1 unspecified atom stereocenters. The van der Waals surface area contributed by atoms with E-state index in [1.807, 2.05) is 18.2 Å². The number of aryl methyl sites for hydroxylation is 1. The first-order chi connectivity index (χ1) is 7.11. The van der Waals surface area contributed by atoms with Crippen molar-refractivity contribution >= 4 is 6.03 Å². The van der Waals surface area contributed by atoms with Gasteiger partial charge in [0, 0.05) is 0 Å². The first kappa shape index (κ1) is 11.5. The molecule has 0 spiro atoms. The van der Waals surface area contributed by atoms with Gasteiger partial charge in [-0.15, -0.1) is 0 Å². The Bertz CT molecular complexity index is 335. The Morgan fingerprint density at radius 2 is 1.93 bits per heavy atom. The van der Waals surface area contributed by atoms with Crippen molar-refractivity contribution in [3.05, 3.63) is 35.4 Å². The highest BCUT2D eigenvalue weighted by atomic mass is 16.3. The molecule has 0 fully saturated rings. The van der Waals surface area contributed by atoms with Crippen molar-refractivity contribution in [1.82, 2.24) is 0 Å². The van der Waals surface area contributed by atoms with E-state index in [1.165, 1.54) is 5.56 Å². The zero-order chi connectivity index (χ0) is 11.3. The molecule has 4 nitrogen and oxygen atoms in total. The van der Waals surface area contributed by atoms with Gasteiger partial charge in [0.2, 0.25) is 0 Å². The molecule has 0 radical (unpaired) electrons. The number of hydrogen-bond acceptors (Lipinski definition) is 2. The highest BCUT2D eigenvalue weighted by Gasteiger charge is 2.15. The minimum absolute atomic E-state index is 0.208. The van der Waals surface area contributed by atoms with Gasteiger partial charge in [-0.2, -0.15) is 0 Å². The van der Waals surface area contributed by atoms with Crippen molar-refractivity contribution in [2.45, 2.75) is 25.4 Å². The molecule has 1 atom stereocenters. The lowest BCUT2D eigenvalue weighted by Gasteiger charge is -2.20. The molecule has 0 aliphatic heterocycles. The highest BCUT2D eigenvalue weighted by Crippen LogP contribution is 2.28. The maximum Gasteiger partial charge on any atom is 0.309 e. The van der Waals surface area contributed by atoms with Gasteiger partial charge in [0.05, 0.1) is 6.10 Å². The molecule has 1 aromatic carbocycles. The van der Waals surface area contributed by atoms with Gasteiger partial charge >= 0.3 is 6.03 Å². The fraction of sp³-hybridized carbons (Fsp3) is 0.364. The Balaban J connectivity index is 0.000000245. The molecule has 82 valence electrons. The van der Waals surface area contributed by atoms with Crippen molar-refractivity contribution in [3.8, 4) is 0 Å². The number of urea groups is 1. The van der Waals surface area contributed by atoms with Crippen LogP contribution >= 0.6 is 0 Å². The normalized spacial score (nSPS) is 18.3. The van der Waals surface area contributed by atoms with Crippen LogP contribution in [0.15, 0.2) is 24.3 Å². The summed E-state index contributed by atoms with van der Waals surface area (Å²) in [6, 6.07) is 7.33. The number of carbonyl (C=O) groups excluding carboxylic acids is 1. The number of hydrogen-bond donors (Lipinski definition) is 3. The van der Waals surface area contributed by atoms with Gasteiger partial charge in [0.15, 0.2) is 0 Å². The number of aliphatic hydroxyl groups excluding tert-OH is 1. The van der Waals surface area contributed by atoms with E-state index in [2.05, 4.69) is 17.5 Å². The van der Waals surface area contributed by atoms with Crippen LogP contribution in [0, 0.1) is 0 Å². The van der Waals surface area contributed by atoms with E-state index in [0.717, 1.165) is 24.8 Å². The highest BCUT2D eigenvalue weighted by molar-refractivity contribution is 5.69. The Morgan fingerprint density at radius 1 is 1.33 bits per heavy atom. The monoisotopic (exact) mass is 208 g/mol. The van der Waals surface area contributed by atoms with E-state index >= 15 is 0 Å². The van der Waals surface area contributed by atoms with Gasteiger partial charge in [-0.05, 0) is 30.4 Å². The van der Waals surface area contributed by atoms with Crippen LogP contribution in [0.2, 0.25) is 0 Å². The van der Waals surface area contributed by atoms with Gasteiger partial charge in [-0.3, -0.25) is 0 Å². The summed E-state index contributed by atoms with van der Waals surface area (Å²) in [7, 11) is 0. The number of nitrogens with two attached hydrogens (primary N) is 2. The average Bonchev–Trinajstić information content (AvgIpc) is 2.18. The summed E-state index contributed by atoms with van der Waals surface area (Å²) >= 11 is 0. The predicted octanol–water partition coefficient (Wildman–Crippen LogP) is 1.08. The summed E-state index contributed by atoms with van der Waals surface area (Å²) in [6.45, 7) is 0. The lowest BCUT2D eigenvalue weighted by Crippen LogP contribution is -2.18. The fourth-order valence-electron chi connectivity index (χ4n) is 1.73. The number of aliphatic hydroxyl groups is 1. The topological polar surface area (TPSA) is 89.3 Å². The molecule has 0 saturated heterocycles. The lowest BCUT2D eigenvalue weighted by atomic mass is 9.90. The molecule has 15 heavy (non-hydrogen) atoms. The molecule has 1 aromatic rings. The molecule has 1 aliphatic carbocycles. The van der Waals surface area contributed by atoms with E-state index in [0.29, 0.717) is 0 Å². The zero-order valence-corrected chi connectivity index (χ0v) is 8.52. The van der Waals surface area contributed by atoms with E-state index in [9.17, 15) is 5.11 Å². The van der Waals surface area contributed by atoms with Crippen LogP contribution in [0.25, 0.3) is 0 Å². The van der Waals surface area contributed by atoms with Crippen LogP contribution in [0.3, 0.4) is 0 Å². The molecule has 2 rings (SSSR count). The third-order valence-electron chi connectivity index (χ3n) is 2.34. The second-order valence-electron chi connectivity index (χ2n) is 3.51. The molecule has 1 aliphatic rings. The smallest absolute Gasteiger partial charge is 0.309 e. The largest absolute Gasteiger partial charge is 0.388 e. The van der Waals surface area contributed by atoms with Crippen LogP contribution in [0.5, 0.6) is 0 Å². The molecule has 0 heterocycles. The maximum absolute atomic E-state index is 9.56.